The lowest BCUT2D eigenvalue weighted by Crippen LogP contribution is -2.52. The van der Waals surface area contributed by atoms with Gasteiger partial charge in [0.2, 0.25) is 5.91 Å². The summed E-state index contributed by atoms with van der Waals surface area (Å²) in [5.74, 6) is -0.385. The molecular weight excluding hydrogens is 420 g/mol. The summed E-state index contributed by atoms with van der Waals surface area (Å²) in [4.78, 5) is 29.3. The highest BCUT2D eigenvalue weighted by Crippen LogP contribution is 2.29. The van der Waals surface area contributed by atoms with Gasteiger partial charge in [0.1, 0.15) is 17.4 Å². The van der Waals surface area contributed by atoms with E-state index >= 15 is 0 Å². The molecule has 1 aliphatic heterocycles. The Morgan fingerprint density at radius 3 is 2.47 bits per heavy atom. The second-order valence-corrected chi connectivity index (χ2v) is 8.62. The topological polar surface area (TPSA) is 67.2 Å². The first-order valence-corrected chi connectivity index (χ1v) is 11.3. The van der Waals surface area contributed by atoms with Gasteiger partial charge < -0.3 is 10.2 Å². The fourth-order valence-electron chi connectivity index (χ4n) is 4.13. The van der Waals surface area contributed by atoms with Gasteiger partial charge in [0.25, 0.3) is 5.91 Å². The molecule has 2 amide bonds. The molecule has 0 fully saturated rings. The van der Waals surface area contributed by atoms with Gasteiger partial charge >= 0.3 is 0 Å². The number of likely N-dealkylation sites (N-methyl/N-ethyl adjacent to an activating group) is 1. The Kier molecular flexibility index (Phi) is 5.33. The summed E-state index contributed by atoms with van der Waals surface area (Å²) in [6, 6.07) is 22.8. The van der Waals surface area contributed by atoms with Crippen molar-refractivity contribution in [2.45, 2.75) is 19.0 Å². The molecule has 3 heterocycles. The minimum atomic E-state index is -0.577. The average molecular weight is 443 g/mol. The molecule has 32 heavy (non-hydrogen) atoms. The highest BCUT2D eigenvalue weighted by molar-refractivity contribution is 7.13. The molecule has 7 heteroatoms. The molecule has 2 aromatic heterocycles. The van der Waals surface area contributed by atoms with Gasteiger partial charge in [-0.1, -0.05) is 48.5 Å². The Morgan fingerprint density at radius 2 is 1.75 bits per heavy atom. The minimum Gasteiger partial charge on any atom is -0.357 e. The first-order chi connectivity index (χ1) is 15.7. The number of amides is 2. The summed E-state index contributed by atoms with van der Waals surface area (Å²) in [6.45, 7) is 0.376. The standard InChI is InChI=1S/C25H22N4O2S/c1-26-24(30)21-14-17-8-5-6-9-18(17)16-28(21)25(31)22-15-20(23-12-7-13-32-23)27-29(22)19-10-3-2-4-11-19/h2-13,15,21H,14,16H2,1H3,(H,26,30)/t21-/m1/s1. The lowest BCUT2D eigenvalue weighted by Gasteiger charge is -2.35. The minimum absolute atomic E-state index is 0.169. The number of carbonyl (C=O) groups is 2. The van der Waals surface area contributed by atoms with E-state index in [1.807, 2.05) is 78.2 Å². The number of rotatable bonds is 4. The zero-order valence-electron chi connectivity index (χ0n) is 17.6. The van der Waals surface area contributed by atoms with Crippen LogP contribution < -0.4 is 5.32 Å². The Balaban J connectivity index is 1.60. The van der Waals surface area contributed by atoms with Crippen LogP contribution in [0.1, 0.15) is 21.6 Å². The van der Waals surface area contributed by atoms with E-state index in [0.717, 1.165) is 27.4 Å². The third-order valence-electron chi connectivity index (χ3n) is 5.76. The maximum atomic E-state index is 13.9. The van der Waals surface area contributed by atoms with E-state index in [1.54, 1.807) is 28.0 Å². The lowest BCUT2D eigenvalue weighted by atomic mass is 9.93. The van der Waals surface area contributed by atoms with Crippen molar-refractivity contribution in [1.29, 1.82) is 0 Å². The molecule has 0 saturated heterocycles. The Bertz CT molecular complexity index is 1260. The van der Waals surface area contributed by atoms with Crippen LogP contribution in [-0.2, 0) is 17.8 Å². The maximum Gasteiger partial charge on any atom is 0.273 e. The van der Waals surface area contributed by atoms with Gasteiger partial charge in [-0.05, 0) is 40.8 Å². The van der Waals surface area contributed by atoms with Gasteiger partial charge in [0, 0.05) is 20.0 Å². The molecule has 0 spiro atoms. The van der Waals surface area contributed by atoms with E-state index in [-0.39, 0.29) is 11.8 Å². The van der Waals surface area contributed by atoms with Gasteiger partial charge in [0.15, 0.2) is 0 Å². The zero-order chi connectivity index (χ0) is 22.1. The van der Waals surface area contributed by atoms with Crippen LogP contribution in [0.2, 0.25) is 0 Å². The quantitative estimate of drug-likeness (QED) is 0.521. The SMILES string of the molecule is CNC(=O)[C@H]1Cc2ccccc2CN1C(=O)c1cc(-c2cccs2)nn1-c1ccccc1. The smallest absolute Gasteiger partial charge is 0.273 e. The normalized spacial score (nSPS) is 15.3. The second kappa shape index (κ2) is 8.43. The Hall–Kier alpha value is -3.71. The van der Waals surface area contributed by atoms with Gasteiger partial charge in [0.05, 0.1) is 10.6 Å². The largest absolute Gasteiger partial charge is 0.357 e. The molecule has 1 N–H and O–H groups in total. The van der Waals surface area contributed by atoms with Crippen molar-refractivity contribution in [2.24, 2.45) is 0 Å². The van der Waals surface area contributed by atoms with Crippen molar-refractivity contribution >= 4 is 23.2 Å². The number of hydrogen-bond donors (Lipinski definition) is 1. The Labute approximate surface area is 190 Å². The molecule has 1 atom stereocenters. The molecule has 4 aromatic rings. The van der Waals surface area contributed by atoms with Crippen LogP contribution in [0.25, 0.3) is 16.3 Å². The number of thiophene rings is 1. The number of nitrogens with zero attached hydrogens (tertiary/aromatic N) is 3. The van der Waals surface area contributed by atoms with Gasteiger partial charge in [-0.2, -0.15) is 5.10 Å². The third-order valence-corrected chi connectivity index (χ3v) is 6.65. The van der Waals surface area contributed by atoms with E-state index < -0.39 is 6.04 Å². The van der Waals surface area contributed by atoms with Gasteiger partial charge in [-0.25, -0.2) is 4.68 Å². The fraction of sp³-hybridized carbons (Fsp3) is 0.160. The van der Waals surface area contributed by atoms with Crippen molar-refractivity contribution in [3.05, 3.63) is 95.0 Å². The molecule has 6 nitrogen and oxygen atoms in total. The average Bonchev–Trinajstić information content (AvgIpc) is 3.53. The summed E-state index contributed by atoms with van der Waals surface area (Å²) >= 11 is 1.58. The number of aromatic nitrogens is 2. The number of benzene rings is 2. The van der Waals surface area contributed by atoms with Crippen molar-refractivity contribution in [3.8, 4) is 16.3 Å². The summed E-state index contributed by atoms with van der Waals surface area (Å²) in [6.07, 6.45) is 0.485. The van der Waals surface area contributed by atoms with Gasteiger partial charge in [-0.3, -0.25) is 9.59 Å². The predicted octanol–water partition coefficient (Wildman–Crippen LogP) is 3.91. The number of para-hydroxylation sites is 1. The number of carbonyl (C=O) groups excluding carboxylic acids is 2. The van der Waals surface area contributed by atoms with E-state index in [4.69, 9.17) is 5.10 Å². The van der Waals surface area contributed by atoms with Crippen molar-refractivity contribution in [1.82, 2.24) is 20.0 Å². The van der Waals surface area contributed by atoms with Crippen LogP contribution in [0, 0.1) is 0 Å². The van der Waals surface area contributed by atoms with Crippen LogP contribution in [-0.4, -0.2) is 39.6 Å². The fourth-order valence-corrected chi connectivity index (χ4v) is 4.81. The van der Waals surface area contributed by atoms with Crippen molar-refractivity contribution in [3.63, 3.8) is 0 Å². The van der Waals surface area contributed by atoms with E-state index in [1.165, 1.54) is 0 Å². The molecule has 160 valence electrons. The van der Waals surface area contributed by atoms with E-state index in [2.05, 4.69) is 5.32 Å². The first-order valence-electron chi connectivity index (χ1n) is 10.4. The summed E-state index contributed by atoms with van der Waals surface area (Å²) in [5.41, 5.74) is 4.13. The number of nitrogens with one attached hydrogen (secondary N) is 1. The molecule has 0 aliphatic carbocycles. The summed E-state index contributed by atoms with van der Waals surface area (Å²) in [5, 5.41) is 9.46. The monoisotopic (exact) mass is 442 g/mol. The van der Waals surface area contributed by atoms with Gasteiger partial charge in [-0.15, -0.1) is 11.3 Å². The maximum absolute atomic E-state index is 13.9. The second-order valence-electron chi connectivity index (χ2n) is 7.68. The predicted molar refractivity (Wildman–Crippen MR) is 125 cm³/mol. The van der Waals surface area contributed by atoms with Crippen molar-refractivity contribution < 1.29 is 9.59 Å². The highest BCUT2D eigenvalue weighted by Gasteiger charge is 2.36. The molecule has 0 radical (unpaired) electrons. The first kappa shape index (κ1) is 20.2. The Morgan fingerprint density at radius 1 is 1.00 bits per heavy atom. The van der Waals surface area contributed by atoms with Crippen LogP contribution in [0.4, 0.5) is 0 Å². The molecule has 0 bridgehead atoms. The molecular formula is C25H22N4O2S. The van der Waals surface area contributed by atoms with Crippen LogP contribution >= 0.6 is 11.3 Å². The van der Waals surface area contributed by atoms with Crippen molar-refractivity contribution in [2.75, 3.05) is 7.05 Å². The molecule has 1 aliphatic rings. The molecule has 5 rings (SSSR count). The van der Waals surface area contributed by atoms with E-state index in [9.17, 15) is 9.59 Å². The lowest BCUT2D eigenvalue weighted by molar-refractivity contribution is -0.125. The summed E-state index contributed by atoms with van der Waals surface area (Å²) < 4.78 is 1.68. The highest BCUT2D eigenvalue weighted by atomic mass is 32.1. The number of fused-ring (bicyclic) bond motifs is 1. The molecule has 2 aromatic carbocycles. The number of hydrogen-bond acceptors (Lipinski definition) is 4. The molecule has 0 unspecified atom stereocenters. The van der Waals surface area contributed by atoms with Crippen LogP contribution in [0.15, 0.2) is 78.2 Å². The zero-order valence-corrected chi connectivity index (χ0v) is 18.4. The molecule has 0 saturated carbocycles. The summed E-state index contributed by atoms with van der Waals surface area (Å²) in [7, 11) is 1.61. The van der Waals surface area contributed by atoms with E-state index in [0.29, 0.717) is 18.7 Å². The third kappa shape index (κ3) is 3.61. The van der Waals surface area contributed by atoms with Crippen LogP contribution in [0.5, 0.6) is 0 Å². The van der Waals surface area contributed by atoms with Crippen LogP contribution in [0.3, 0.4) is 0 Å².